The van der Waals surface area contributed by atoms with Gasteiger partial charge in [-0.05, 0) is 56.3 Å². The minimum absolute atomic E-state index is 0.121. The summed E-state index contributed by atoms with van der Waals surface area (Å²) in [6.07, 6.45) is 2.68. The third-order valence-corrected chi connectivity index (χ3v) is 6.02. The van der Waals surface area contributed by atoms with E-state index in [1.54, 1.807) is 48.4 Å². The van der Waals surface area contributed by atoms with Crippen LogP contribution in [0.1, 0.15) is 36.1 Å². The van der Waals surface area contributed by atoms with Gasteiger partial charge in [0.15, 0.2) is 6.29 Å². The van der Waals surface area contributed by atoms with Crippen molar-refractivity contribution < 1.29 is 30.0 Å². The molecule has 2 aliphatic heterocycles. The molecule has 2 aromatic carbocycles. The number of carbonyl (C=O) groups excluding carboxylic acids is 1. The average Bonchev–Trinajstić information content (AvgIpc) is 3.28. The maximum Gasteiger partial charge on any atom is 0.335 e. The topological polar surface area (TPSA) is 146 Å². The highest BCUT2D eigenvalue weighted by Gasteiger charge is 2.37. The second-order valence-corrected chi connectivity index (χ2v) is 8.36. The number of aromatic carboxylic acids is 1. The Hall–Kier alpha value is -3.83. The fraction of sp³-hybridized carbons (Fsp3) is 0.240. The van der Waals surface area contributed by atoms with Crippen molar-refractivity contribution in [3.05, 3.63) is 83.5 Å². The van der Waals surface area contributed by atoms with Crippen LogP contribution in [0.15, 0.2) is 77.4 Å². The summed E-state index contributed by atoms with van der Waals surface area (Å²) in [5.41, 5.74) is 5.72. The predicted octanol–water partition coefficient (Wildman–Crippen LogP) is 1.92. The van der Waals surface area contributed by atoms with Gasteiger partial charge in [-0.3, -0.25) is 9.80 Å². The van der Waals surface area contributed by atoms with Gasteiger partial charge in [0.05, 0.1) is 28.2 Å². The lowest BCUT2D eigenvalue weighted by Gasteiger charge is -2.23. The van der Waals surface area contributed by atoms with Crippen molar-refractivity contribution in [1.82, 2.24) is 5.43 Å². The summed E-state index contributed by atoms with van der Waals surface area (Å²) < 4.78 is 0. The van der Waals surface area contributed by atoms with Crippen molar-refractivity contribution in [2.24, 2.45) is 11.0 Å². The van der Waals surface area contributed by atoms with Crippen molar-refractivity contribution in [3.8, 4) is 0 Å². The molecule has 182 valence electrons. The van der Waals surface area contributed by atoms with Gasteiger partial charge in [0.2, 0.25) is 0 Å². The highest BCUT2D eigenvalue weighted by atomic mass is 16.5. The molecule has 0 saturated carbocycles. The number of hydrogen-bond acceptors (Lipinski definition) is 8. The Labute approximate surface area is 201 Å². The molecule has 0 spiro atoms. The van der Waals surface area contributed by atoms with Gasteiger partial charge in [0.25, 0.3) is 5.91 Å². The van der Waals surface area contributed by atoms with E-state index in [9.17, 15) is 24.9 Å². The van der Waals surface area contributed by atoms with Gasteiger partial charge in [-0.1, -0.05) is 24.3 Å². The number of amides is 1. The molecule has 2 aromatic rings. The van der Waals surface area contributed by atoms with E-state index in [0.29, 0.717) is 28.2 Å². The Kier molecular flexibility index (Phi) is 6.81. The number of nitrogens with zero attached hydrogens (tertiary/aromatic N) is 3. The molecule has 10 nitrogen and oxygen atoms in total. The number of carboxylic acids is 1. The maximum absolute atomic E-state index is 12.9. The van der Waals surface area contributed by atoms with E-state index in [4.69, 9.17) is 5.11 Å². The summed E-state index contributed by atoms with van der Waals surface area (Å²) in [7, 11) is 0. The lowest BCUT2D eigenvalue weighted by molar-refractivity contribution is -0.114. The minimum Gasteiger partial charge on any atom is -0.478 e. The number of aliphatic hydroxyl groups excluding tert-OH is 2. The first-order valence-electron chi connectivity index (χ1n) is 11.0. The number of benzene rings is 2. The average molecular weight is 479 g/mol. The Morgan fingerprint density at radius 3 is 2.31 bits per heavy atom. The lowest BCUT2D eigenvalue weighted by Crippen LogP contribution is -2.39. The first-order chi connectivity index (χ1) is 16.7. The van der Waals surface area contributed by atoms with Crippen LogP contribution in [0.4, 0.5) is 11.4 Å². The monoisotopic (exact) mass is 478 g/mol. The molecule has 4 rings (SSSR count). The number of hydrazone groups is 1. The van der Waals surface area contributed by atoms with E-state index in [2.05, 4.69) is 10.5 Å². The van der Waals surface area contributed by atoms with Gasteiger partial charge in [-0.25, -0.2) is 10.2 Å². The molecule has 1 saturated heterocycles. The first kappa shape index (κ1) is 24.3. The van der Waals surface area contributed by atoms with Crippen LogP contribution in [0.2, 0.25) is 0 Å². The zero-order valence-electron chi connectivity index (χ0n) is 19.1. The number of aliphatic hydroxyl groups is 3. The standard InChI is InChI=1S/C25H26N4O6/c1-14-20(22(30)28(26-14)18-10-6-16(7-11-18)24(32)33)4-3-5-21-15(2)27-29(23(21)31)19-12-8-17(9-13-19)25(34)35/h3-14,20,22,25-26,30,34-35H,1-2H3,(H,32,33)/b4-3+,21-5+. The van der Waals surface area contributed by atoms with Crippen molar-refractivity contribution in [1.29, 1.82) is 0 Å². The molecule has 1 fully saturated rings. The van der Waals surface area contributed by atoms with Gasteiger partial charge in [-0.15, -0.1) is 0 Å². The van der Waals surface area contributed by atoms with Crippen LogP contribution in [0.5, 0.6) is 0 Å². The number of allylic oxidation sites excluding steroid dienone is 2. The predicted molar refractivity (Wildman–Crippen MR) is 129 cm³/mol. The number of carbonyl (C=O) groups is 2. The van der Waals surface area contributed by atoms with Crippen molar-refractivity contribution in [2.75, 3.05) is 10.0 Å². The lowest BCUT2D eigenvalue weighted by atomic mass is 10.0. The largest absolute Gasteiger partial charge is 0.478 e. The number of rotatable bonds is 6. The van der Waals surface area contributed by atoms with Crippen LogP contribution in [0, 0.1) is 5.92 Å². The van der Waals surface area contributed by atoms with E-state index in [1.807, 2.05) is 13.0 Å². The number of hydrazine groups is 1. The van der Waals surface area contributed by atoms with Crippen LogP contribution >= 0.6 is 0 Å². The van der Waals surface area contributed by atoms with Crippen molar-refractivity contribution in [2.45, 2.75) is 32.4 Å². The molecule has 5 N–H and O–H groups in total. The highest BCUT2D eigenvalue weighted by Crippen LogP contribution is 2.28. The number of anilines is 2. The maximum atomic E-state index is 12.9. The molecule has 1 amide bonds. The fourth-order valence-corrected chi connectivity index (χ4v) is 4.02. The molecule has 3 unspecified atom stereocenters. The summed E-state index contributed by atoms with van der Waals surface area (Å²) in [6, 6.07) is 12.3. The Morgan fingerprint density at radius 2 is 1.71 bits per heavy atom. The zero-order chi connectivity index (χ0) is 25.3. The van der Waals surface area contributed by atoms with Crippen molar-refractivity contribution in [3.63, 3.8) is 0 Å². The number of nitrogens with one attached hydrogen (secondary N) is 1. The van der Waals surface area contributed by atoms with Crippen LogP contribution in [-0.2, 0) is 4.79 Å². The van der Waals surface area contributed by atoms with E-state index < -0.39 is 18.5 Å². The number of carboxylic acid groups (broad SMARTS) is 1. The molecular formula is C25H26N4O6. The van der Waals surface area contributed by atoms with Gasteiger partial charge in [0, 0.05) is 17.5 Å². The fourth-order valence-electron chi connectivity index (χ4n) is 4.02. The van der Waals surface area contributed by atoms with Crippen molar-refractivity contribution >= 4 is 29.0 Å². The molecule has 35 heavy (non-hydrogen) atoms. The van der Waals surface area contributed by atoms with E-state index in [1.165, 1.54) is 29.3 Å². The highest BCUT2D eigenvalue weighted by molar-refractivity contribution is 6.29. The summed E-state index contributed by atoms with van der Waals surface area (Å²) in [4.78, 5) is 24.0. The summed E-state index contributed by atoms with van der Waals surface area (Å²) in [6.45, 7) is 3.64. The van der Waals surface area contributed by atoms with Crippen LogP contribution in [0.25, 0.3) is 0 Å². The molecule has 10 heteroatoms. The summed E-state index contributed by atoms with van der Waals surface area (Å²) in [5, 5.41) is 45.5. The second kappa shape index (κ2) is 9.80. The van der Waals surface area contributed by atoms with E-state index in [0.717, 1.165) is 0 Å². The van der Waals surface area contributed by atoms with Crippen LogP contribution in [-0.4, -0.2) is 50.3 Å². The molecule has 0 aliphatic carbocycles. The molecule has 0 bridgehead atoms. The minimum atomic E-state index is -1.59. The smallest absolute Gasteiger partial charge is 0.335 e. The van der Waals surface area contributed by atoms with Gasteiger partial charge < -0.3 is 20.4 Å². The molecule has 2 heterocycles. The van der Waals surface area contributed by atoms with E-state index in [-0.39, 0.29) is 23.4 Å². The third-order valence-electron chi connectivity index (χ3n) is 6.02. The van der Waals surface area contributed by atoms with Gasteiger partial charge in [-0.2, -0.15) is 10.1 Å². The van der Waals surface area contributed by atoms with Crippen LogP contribution in [0.3, 0.4) is 0 Å². The van der Waals surface area contributed by atoms with Gasteiger partial charge in [0.1, 0.15) is 6.23 Å². The molecule has 0 radical (unpaired) electrons. The van der Waals surface area contributed by atoms with Crippen LogP contribution < -0.4 is 15.4 Å². The summed E-state index contributed by atoms with van der Waals surface area (Å²) >= 11 is 0. The third kappa shape index (κ3) is 4.86. The Balaban J connectivity index is 1.46. The normalized spacial score (nSPS) is 23.7. The second-order valence-electron chi connectivity index (χ2n) is 8.36. The molecule has 3 atom stereocenters. The first-order valence-corrected chi connectivity index (χ1v) is 11.0. The summed E-state index contributed by atoms with van der Waals surface area (Å²) in [5.74, 6) is -1.63. The zero-order valence-corrected chi connectivity index (χ0v) is 19.1. The molecular weight excluding hydrogens is 452 g/mol. The Morgan fingerprint density at radius 1 is 1.09 bits per heavy atom. The Bertz CT molecular complexity index is 1200. The molecule has 2 aliphatic rings. The quantitative estimate of drug-likeness (QED) is 0.313. The van der Waals surface area contributed by atoms with Gasteiger partial charge >= 0.3 is 5.97 Å². The molecule has 0 aromatic heterocycles. The van der Waals surface area contributed by atoms with E-state index >= 15 is 0 Å². The number of hydrogen-bond donors (Lipinski definition) is 5. The SMILES string of the molecule is CC1=NN(c2ccc(C(O)O)cc2)C(=O)/C1=C/C=C/C1C(C)NN(c2ccc(C(=O)O)cc2)C1O.